The first-order valence-corrected chi connectivity index (χ1v) is 11.9. The Balaban J connectivity index is 1.49. The second kappa shape index (κ2) is 12.2. The summed E-state index contributed by atoms with van der Waals surface area (Å²) in [6.07, 6.45) is 3.05. The quantitative estimate of drug-likeness (QED) is 0.170. The third-order valence-electron chi connectivity index (χ3n) is 5.35. The van der Waals surface area contributed by atoms with Crippen LogP contribution < -0.4 is 15.8 Å². The SMILES string of the molecule is Fc1ccc(/C=N/Nc2nc(N/N=C/c3ccc(F)cc3)nc(N(c3ccccc3)c3ccccc3)n2)cc1. The van der Waals surface area contributed by atoms with Gasteiger partial charge in [-0.05, 0) is 59.7 Å². The van der Waals surface area contributed by atoms with E-state index in [9.17, 15) is 8.78 Å². The molecule has 0 atom stereocenters. The number of hydrogen-bond donors (Lipinski definition) is 2. The first-order valence-electron chi connectivity index (χ1n) is 11.9. The van der Waals surface area contributed by atoms with Crippen LogP contribution in [0.3, 0.4) is 0 Å². The van der Waals surface area contributed by atoms with E-state index in [2.05, 4.69) is 36.0 Å². The zero-order valence-electron chi connectivity index (χ0n) is 20.5. The molecule has 39 heavy (non-hydrogen) atoms. The number of aromatic nitrogens is 3. The second-order valence-electron chi connectivity index (χ2n) is 8.13. The number of hydrogen-bond acceptors (Lipinski definition) is 8. The van der Waals surface area contributed by atoms with Crippen molar-refractivity contribution in [3.8, 4) is 0 Å². The molecule has 0 unspecified atom stereocenters. The molecule has 0 spiro atoms. The summed E-state index contributed by atoms with van der Waals surface area (Å²) >= 11 is 0. The molecule has 0 aliphatic heterocycles. The van der Waals surface area contributed by atoms with Crippen LogP contribution in [0.1, 0.15) is 11.1 Å². The molecule has 8 nitrogen and oxygen atoms in total. The lowest BCUT2D eigenvalue weighted by Gasteiger charge is -2.23. The number of anilines is 5. The van der Waals surface area contributed by atoms with Gasteiger partial charge in [0.25, 0.3) is 0 Å². The van der Waals surface area contributed by atoms with E-state index in [1.807, 2.05) is 65.6 Å². The highest BCUT2D eigenvalue weighted by Gasteiger charge is 2.17. The van der Waals surface area contributed by atoms with Gasteiger partial charge >= 0.3 is 0 Å². The minimum atomic E-state index is -0.332. The molecule has 192 valence electrons. The smallest absolute Gasteiger partial charge is 0.250 e. The van der Waals surface area contributed by atoms with Gasteiger partial charge in [0.1, 0.15) is 11.6 Å². The molecule has 1 heterocycles. The lowest BCUT2D eigenvalue weighted by atomic mass is 10.2. The molecule has 0 bridgehead atoms. The van der Waals surface area contributed by atoms with E-state index >= 15 is 0 Å². The molecule has 0 saturated carbocycles. The van der Waals surface area contributed by atoms with E-state index in [-0.39, 0.29) is 23.5 Å². The van der Waals surface area contributed by atoms with E-state index in [0.717, 1.165) is 11.4 Å². The first-order chi connectivity index (χ1) is 19.1. The summed E-state index contributed by atoms with van der Waals surface area (Å²) in [6, 6.07) is 31.1. The minimum Gasteiger partial charge on any atom is -0.279 e. The molecule has 0 radical (unpaired) electrons. The second-order valence-corrected chi connectivity index (χ2v) is 8.13. The lowest BCUT2D eigenvalue weighted by Crippen LogP contribution is -2.16. The van der Waals surface area contributed by atoms with Crippen molar-refractivity contribution in [2.75, 3.05) is 15.8 Å². The molecule has 0 aliphatic rings. The van der Waals surface area contributed by atoms with Crippen molar-refractivity contribution >= 4 is 41.6 Å². The number of halogens is 2. The predicted molar refractivity (Wildman–Crippen MR) is 150 cm³/mol. The van der Waals surface area contributed by atoms with Crippen molar-refractivity contribution in [2.45, 2.75) is 0 Å². The molecule has 2 N–H and O–H groups in total. The van der Waals surface area contributed by atoms with E-state index in [1.54, 1.807) is 24.3 Å². The summed E-state index contributed by atoms with van der Waals surface area (Å²) in [7, 11) is 0. The van der Waals surface area contributed by atoms with Crippen molar-refractivity contribution in [1.29, 1.82) is 0 Å². The Labute approximate surface area is 223 Å². The van der Waals surface area contributed by atoms with Gasteiger partial charge < -0.3 is 0 Å². The molecular formula is C29H22F2N8. The van der Waals surface area contributed by atoms with E-state index in [4.69, 9.17) is 0 Å². The highest BCUT2D eigenvalue weighted by atomic mass is 19.1. The molecule has 5 rings (SSSR count). The van der Waals surface area contributed by atoms with Crippen LogP contribution in [-0.2, 0) is 0 Å². The number of hydrazone groups is 2. The van der Waals surface area contributed by atoms with Gasteiger partial charge in [-0.1, -0.05) is 60.7 Å². The Morgan fingerprint density at radius 3 is 1.36 bits per heavy atom. The zero-order chi connectivity index (χ0) is 26.9. The summed E-state index contributed by atoms with van der Waals surface area (Å²) in [5.74, 6) is -0.0622. The van der Waals surface area contributed by atoms with Crippen molar-refractivity contribution < 1.29 is 8.78 Å². The third kappa shape index (κ3) is 6.83. The maximum atomic E-state index is 13.2. The van der Waals surface area contributed by atoms with Gasteiger partial charge in [0, 0.05) is 11.4 Å². The fourth-order valence-electron chi connectivity index (χ4n) is 3.53. The zero-order valence-corrected chi connectivity index (χ0v) is 20.5. The highest BCUT2D eigenvalue weighted by Crippen LogP contribution is 2.32. The summed E-state index contributed by atoms with van der Waals surface area (Å²) in [4.78, 5) is 15.4. The Kier molecular flexibility index (Phi) is 7.84. The average Bonchev–Trinajstić information content (AvgIpc) is 2.96. The maximum Gasteiger partial charge on any atom is 0.250 e. The van der Waals surface area contributed by atoms with E-state index < -0.39 is 0 Å². The monoisotopic (exact) mass is 520 g/mol. The third-order valence-corrected chi connectivity index (χ3v) is 5.35. The van der Waals surface area contributed by atoms with Gasteiger partial charge in [0.2, 0.25) is 17.8 Å². The van der Waals surface area contributed by atoms with Gasteiger partial charge in [0.15, 0.2) is 0 Å². The minimum absolute atomic E-state index is 0.148. The van der Waals surface area contributed by atoms with Crippen molar-refractivity contribution in [3.63, 3.8) is 0 Å². The topological polar surface area (TPSA) is 90.7 Å². The van der Waals surface area contributed by atoms with Crippen LogP contribution in [0, 0.1) is 11.6 Å². The Morgan fingerprint density at radius 1 is 0.538 bits per heavy atom. The van der Waals surface area contributed by atoms with Gasteiger partial charge in [-0.25, -0.2) is 19.6 Å². The molecule has 10 heteroatoms. The summed E-state index contributed by atoms with van der Waals surface area (Å²) in [5, 5.41) is 8.39. The number of para-hydroxylation sites is 2. The summed E-state index contributed by atoms with van der Waals surface area (Å²) in [5.41, 5.74) is 8.67. The number of benzene rings is 4. The molecular weight excluding hydrogens is 498 g/mol. The summed E-state index contributed by atoms with van der Waals surface area (Å²) < 4.78 is 26.4. The van der Waals surface area contributed by atoms with Gasteiger partial charge in [-0.3, -0.25) is 4.90 Å². The standard InChI is InChI=1S/C29H22F2N8/c30-23-15-11-21(12-16-23)19-32-37-27-34-28(38-33-20-22-13-17-24(31)18-14-22)36-29(35-27)39(25-7-3-1-4-8-25)26-9-5-2-6-10-26/h1-20H,(H2,34,35,36,37,38)/b32-19+,33-20+. The Bertz CT molecular complexity index is 1440. The Morgan fingerprint density at radius 2 is 0.949 bits per heavy atom. The fraction of sp³-hybridized carbons (Fsp3) is 0. The van der Waals surface area contributed by atoms with Crippen LogP contribution in [0.5, 0.6) is 0 Å². The highest BCUT2D eigenvalue weighted by molar-refractivity contribution is 5.81. The number of nitrogens with one attached hydrogen (secondary N) is 2. The molecule has 1 aromatic heterocycles. The van der Waals surface area contributed by atoms with E-state index in [1.165, 1.54) is 36.7 Å². The fourth-order valence-corrected chi connectivity index (χ4v) is 3.53. The van der Waals surface area contributed by atoms with Crippen molar-refractivity contribution in [1.82, 2.24) is 15.0 Å². The molecule has 0 saturated heterocycles. The van der Waals surface area contributed by atoms with Crippen LogP contribution in [0.4, 0.5) is 38.0 Å². The molecule has 4 aromatic carbocycles. The lowest BCUT2D eigenvalue weighted by molar-refractivity contribution is 0.627. The maximum absolute atomic E-state index is 13.2. The predicted octanol–water partition coefficient (Wildman–Crippen LogP) is 6.51. The molecule has 0 aliphatic carbocycles. The van der Waals surface area contributed by atoms with Crippen LogP contribution >= 0.6 is 0 Å². The number of nitrogens with zero attached hydrogens (tertiary/aromatic N) is 6. The van der Waals surface area contributed by atoms with Crippen molar-refractivity contribution in [3.05, 3.63) is 132 Å². The van der Waals surface area contributed by atoms with Gasteiger partial charge in [-0.2, -0.15) is 25.2 Å². The molecule has 0 fully saturated rings. The van der Waals surface area contributed by atoms with Gasteiger partial charge in [-0.15, -0.1) is 0 Å². The van der Waals surface area contributed by atoms with E-state index in [0.29, 0.717) is 17.1 Å². The Hall–Kier alpha value is -5.51. The summed E-state index contributed by atoms with van der Waals surface area (Å²) in [6.45, 7) is 0. The van der Waals surface area contributed by atoms with Crippen LogP contribution in [0.15, 0.2) is 119 Å². The average molecular weight is 521 g/mol. The van der Waals surface area contributed by atoms with Crippen LogP contribution in [-0.4, -0.2) is 27.4 Å². The van der Waals surface area contributed by atoms with Crippen LogP contribution in [0.2, 0.25) is 0 Å². The molecule has 5 aromatic rings. The molecule has 0 amide bonds. The largest absolute Gasteiger partial charge is 0.279 e. The van der Waals surface area contributed by atoms with Gasteiger partial charge in [0.05, 0.1) is 12.4 Å². The van der Waals surface area contributed by atoms with Crippen molar-refractivity contribution in [2.24, 2.45) is 10.2 Å². The normalized spacial score (nSPS) is 11.1. The van der Waals surface area contributed by atoms with Crippen LogP contribution in [0.25, 0.3) is 0 Å². The number of rotatable bonds is 9. The first kappa shape index (κ1) is 25.2.